The standard InChI is InChI=1S/C28H39BrF2N2O5SSi/c1-8-37-23(34)11-12-27-16-22(27)28(17-30,20-15-19(29)9-10-21(20)31)32-24(39-27)33(25(35)38-26(2,3)4)18-36-13-14-40(5,6)7/h9-12,15,22H,8,13-14,16-18H2,1-7H3/b12-11+/t22-,27+,28-/m1/s1. The number of hydrogen-bond donors (Lipinski definition) is 0. The molecule has 1 fully saturated rings. The largest absolute Gasteiger partial charge is 0.463 e. The zero-order valence-electron chi connectivity index (χ0n) is 24.2. The summed E-state index contributed by atoms with van der Waals surface area (Å²) in [6, 6.07) is 5.19. The maximum absolute atomic E-state index is 15.3. The van der Waals surface area contributed by atoms with E-state index >= 15 is 8.78 Å². The highest BCUT2D eigenvalue weighted by atomic mass is 79.9. The number of nitrogens with zero attached hydrogens (tertiary/aromatic N) is 2. The highest BCUT2D eigenvalue weighted by Crippen LogP contribution is 2.67. The normalized spacial score (nSPS) is 24.4. The number of benzene rings is 1. The molecule has 1 saturated carbocycles. The Bertz CT molecular complexity index is 1170. The van der Waals surface area contributed by atoms with Crippen molar-refractivity contribution in [3.8, 4) is 0 Å². The van der Waals surface area contributed by atoms with E-state index in [9.17, 15) is 9.59 Å². The van der Waals surface area contributed by atoms with E-state index in [1.165, 1.54) is 40.9 Å². The van der Waals surface area contributed by atoms with E-state index in [1.807, 2.05) is 0 Å². The Balaban J connectivity index is 2.10. The van der Waals surface area contributed by atoms with Crippen molar-refractivity contribution in [2.45, 2.75) is 75.7 Å². The summed E-state index contributed by atoms with van der Waals surface area (Å²) < 4.78 is 47.0. The van der Waals surface area contributed by atoms with Crippen LogP contribution in [0.15, 0.2) is 39.8 Å². The van der Waals surface area contributed by atoms with Crippen LogP contribution < -0.4 is 0 Å². The lowest BCUT2D eigenvalue weighted by molar-refractivity contribution is -0.137. The van der Waals surface area contributed by atoms with Gasteiger partial charge in [-0.1, -0.05) is 53.4 Å². The van der Waals surface area contributed by atoms with Crippen molar-refractivity contribution in [2.24, 2.45) is 10.9 Å². The molecule has 3 atom stereocenters. The number of fused-ring (bicyclic) bond motifs is 1. The van der Waals surface area contributed by atoms with Gasteiger partial charge in [0.2, 0.25) is 0 Å². The molecule has 0 N–H and O–H groups in total. The van der Waals surface area contributed by atoms with Crippen LogP contribution in [-0.4, -0.2) is 67.2 Å². The highest BCUT2D eigenvalue weighted by Gasteiger charge is 2.68. The first-order valence-corrected chi connectivity index (χ1v) is 18.6. The Kier molecular flexibility index (Phi) is 10.3. The first-order valence-electron chi connectivity index (χ1n) is 13.3. The zero-order chi connectivity index (χ0) is 29.9. The van der Waals surface area contributed by atoms with Crippen molar-refractivity contribution < 1.29 is 32.6 Å². The number of thioether (sulfide) groups is 1. The van der Waals surface area contributed by atoms with Gasteiger partial charge in [-0.05, 0) is 58.4 Å². The van der Waals surface area contributed by atoms with Crippen LogP contribution in [0.2, 0.25) is 25.7 Å². The molecular weight excluding hydrogens is 622 g/mol. The van der Waals surface area contributed by atoms with E-state index in [2.05, 4.69) is 35.6 Å². The van der Waals surface area contributed by atoms with E-state index < -0.39 is 54.4 Å². The third-order valence-corrected chi connectivity index (χ3v) is 10.2. The molecule has 1 amide bonds. The summed E-state index contributed by atoms with van der Waals surface area (Å²) in [7, 11) is -1.41. The monoisotopic (exact) mass is 660 g/mol. The van der Waals surface area contributed by atoms with Gasteiger partial charge >= 0.3 is 12.1 Å². The van der Waals surface area contributed by atoms with Crippen molar-refractivity contribution in [2.75, 3.05) is 26.6 Å². The van der Waals surface area contributed by atoms with Crippen LogP contribution in [0.1, 0.15) is 39.7 Å². The molecule has 1 aromatic carbocycles. The van der Waals surface area contributed by atoms with Gasteiger partial charge in [-0.15, -0.1) is 0 Å². The Labute approximate surface area is 249 Å². The predicted molar refractivity (Wildman–Crippen MR) is 160 cm³/mol. The number of carbonyl (C=O) groups excluding carboxylic acids is 2. The fraction of sp³-hybridized carbons (Fsp3) is 0.607. The lowest BCUT2D eigenvalue weighted by Gasteiger charge is -2.38. The molecule has 1 aromatic rings. The third-order valence-electron chi connectivity index (χ3n) is 6.55. The Morgan fingerprint density at radius 1 is 1.30 bits per heavy atom. The third kappa shape index (κ3) is 7.95. The first-order chi connectivity index (χ1) is 18.6. The summed E-state index contributed by atoms with van der Waals surface area (Å²) in [6.45, 7) is 13.1. The average Bonchev–Trinajstić information content (AvgIpc) is 3.57. The summed E-state index contributed by atoms with van der Waals surface area (Å²) in [6.07, 6.45) is 2.67. The van der Waals surface area contributed by atoms with Crippen molar-refractivity contribution >= 4 is 53.0 Å². The minimum atomic E-state index is -1.63. The number of ether oxygens (including phenoxy) is 3. The fourth-order valence-electron chi connectivity index (χ4n) is 4.43. The molecule has 1 aliphatic carbocycles. The molecule has 0 unspecified atom stereocenters. The number of rotatable bonds is 10. The van der Waals surface area contributed by atoms with Crippen molar-refractivity contribution in [3.63, 3.8) is 0 Å². The van der Waals surface area contributed by atoms with Gasteiger partial charge in [0.1, 0.15) is 30.4 Å². The fourth-order valence-corrected chi connectivity index (χ4v) is 7.06. The van der Waals surface area contributed by atoms with Crippen molar-refractivity contribution in [1.82, 2.24) is 4.90 Å². The second-order valence-corrected chi connectivity index (χ2v) is 20.1. The number of aliphatic imine (C=N–C) groups is 1. The molecule has 3 rings (SSSR count). The van der Waals surface area contributed by atoms with Gasteiger partial charge in [-0.25, -0.2) is 28.3 Å². The Hall–Kier alpha value is -1.76. The summed E-state index contributed by atoms with van der Waals surface area (Å²) in [5, 5.41) is 0.140. The Morgan fingerprint density at radius 3 is 2.60 bits per heavy atom. The maximum atomic E-state index is 15.3. The number of amides is 1. The zero-order valence-corrected chi connectivity index (χ0v) is 27.6. The molecule has 2 aliphatic rings. The van der Waals surface area contributed by atoms with Crippen molar-refractivity contribution in [3.05, 3.63) is 46.2 Å². The van der Waals surface area contributed by atoms with Crippen LogP contribution in [0, 0.1) is 11.7 Å². The van der Waals surface area contributed by atoms with Gasteiger partial charge < -0.3 is 14.2 Å². The topological polar surface area (TPSA) is 77.4 Å². The predicted octanol–water partition coefficient (Wildman–Crippen LogP) is 7.28. The van der Waals surface area contributed by atoms with Crippen molar-refractivity contribution in [1.29, 1.82) is 0 Å². The smallest absolute Gasteiger partial charge is 0.418 e. The van der Waals surface area contributed by atoms with Crippen LogP contribution in [0.5, 0.6) is 0 Å². The van der Waals surface area contributed by atoms with E-state index in [0.29, 0.717) is 17.5 Å². The van der Waals surface area contributed by atoms with Gasteiger partial charge in [0.15, 0.2) is 5.17 Å². The molecule has 0 radical (unpaired) electrons. The molecule has 0 saturated heterocycles. The lowest BCUT2D eigenvalue weighted by Crippen LogP contribution is -2.46. The van der Waals surface area contributed by atoms with Crippen LogP contribution in [0.25, 0.3) is 0 Å². The lowest BCUT2D eigenvalue weighted by atomic mass is 9.85. The average molecular weight is 662 g/mol. The first kappa shape index (κ1) is 32.7. The van der Waals surface area contributed by atoms with Gasteiger partial charge in [-0.3, -0.25) is 0 Å². The van der Waals surface area contributed by atoms with Gasteiger partial charge in [0.25, 0.3) is 0 Å². The van der Waals surface area contributed by atoms with Crippen LogP contribution in [-0.2, 0) is 24.5 Å². The number of amidine groups is 1. The van der Waals surface area contributed by atoms with Gasteiger partial charge in [0.05, 0.1) is 6.61 Å². The molecule has 0 aromatic heterocycles. The second-order valence-electron chi connectivity index (χ2n) is 12.2. The van der Waals surface area contributed by atoms with Gasteiger partial charge in [0, 0.05) is 41.5 Å². The Morgan fingerprint density at radius 2 is 2.00 bits per heavy atom. The minimum absolute atomic E-state index is 0.0716. The summed E-state index contributed by atoms with van der Waals surface area (Å²) in [5.74, 6) is -1.62. The maximum Gasteiger partial charge on any atom is 0.418 e. The number of halogens is 3. The van der Waals surface area contributed by atoms with Crippen LogP contribution in [0.4, 0.5) is 13.6 Å². The summed E-state index contributed by atoms with van der Waals surface area (Å²) >= 11 is 4.59. The van der Waals surface area contributed by atoms with Crippen LogP contribution in [0.3, 0.4) is 0 Å². The van der Waals surface area contributed by atoms with E-state index in [-0.39, 0.29) is 24.1 Å². The second kappa shape index (κ2) is 12.6. The summed E-state index contributed by atoms with van der Waals surface area (Å²) in [5.41, 5.74) is -2.38. The quantitative estimate of drug-likeness (QED) is 0.0863. The van der Waals surface area contributed by atoms with E-state index in [1.54, 1.807) is 33.8 Å². The van der Waals surface area contributed by atoms with E-state index in [4.69, 9.17) is 19.2 Å². The molecule has 222 valence electrons. The minimum Gasteiger partial charge on any atom is -0.463 e. The highest BCUT2D eigenvalue weighted by molar-refractivity contribution is 9.10. The number of hydrogen-bond acceptors (Lipinski definition) is 7. The molecule has 12 heteroatoms. The molecule has 0 spiro atoms. The van der Waals surface area contributed by atoms with Crippen LogP contribution >= 0.6 is 27.7 Å². The van der Waals surface area contributed by atoms with E-state index in [0.717, 1.165) is 6.04 Å². The number of esters is 1. The number of carbonyl (C=O) groups is 2. The molecule has 1 aliphatic heterocycles. The molecular formula is C28H39BrF2N2O5SSi. The molecule has 40 heavy (non-hydrogen) atoms. The number of alkyl halides is 1. The molecule has 1 heterocycles. The van der Waals surface area contributed by atoms with Gasteiger partial charge in [-0.2, -0.15) is 0 Å². The SMILES string of the molecule is CCOC(=O)/C=C/[C@]12C[C@H]1[C@@](CF)(c1cc(Br)ccc1F)N=C(N(COCC[Si](C)(C)C)C(=O)OC(C)(C)C)S2. The summed E-state index contributed by atoms with van der Waals surface area (Å²) in [4.78, 5) is 31.7. The molecule has 7 nitrogen and oxygen atoms in total. The molecule has 0 bridgehead atoms.